The van der Waals surface area contributed by atoms with Gasteiger partial charge in [-0.1, -0.05) is 12.1 Å². The number of benzene rings is 2. The average molecular weight is 304 g/mol. The second-order valence-corrected chi connectivity index (χ2v) is 5.58. The Kier molecular flexibility index (Phi) is 3.12. The molecule has 0 atom stereocenters. The molecule has 0 unspecified atom stereocenters. The number of H-pyrrole nitrogens is 1. The van der Waals surface area contributed by atoms with Gasteiger partial charge < -0.3 is 14.9 Å². The summed E-state index contributed by atoms with van der Waals surface area (Å²) in [5, 5.41) is 3.97. The summed E-state index contributed by atoms with van der Waals surface area (Å²) < 4.78 is 2.03. The van der Waals surface area contributed by atoms with Crippen LogP contribution in [0.1, 0.15) is 16.2 Å². The molecule has 4 rings (SSSR count). The molecule has 2 aromatic carbocycles. The lowest BCUT2D eigenvalue weighted by Gasteiger charge is -2.04. The number of aromatic nitrogens is 3. The molecule has 5 heteroatoms. The Balaban J connectivity index is 1.52. The summed E-state index contributed by atoms with van der Waals surface area (Å²) >= 11 is 0. The summed E-state index contributed by atoms with van der Waals surface area (Å²) in [7, 11) is 1.99. The quantitative estimate of drug-likeness (QED) is 0.611. The zero-order chi connectivity index (χ0) is 15.8. The van der Waals surface area contributed by atoms with Crippen LogP contribution in [0.3, 0.4) is 0 Å². The molecule has 1 amide bonds. The third-order valence-corrected chi connectivity index (χ3v) is 4.00. The second kappa shape index (κ2) is 5.28. The van der Waals surface area contributed by atoms with Gasteiger partial charge >= 0.3 is 0 Å². The Morgan fingerprint density at radius 3 is 2.96 bits per heavy atom. The monoisotopic (exact) mass is 304 g/mol. The molecule has 0 spiro atoms. The second-order valence-electron chi connectivity index (χ2n) is 5.58. The first-order chi connectivity index (χ1) is 11.2. The van der Waals surface area contributed by atoms with Crippen LogP contribution in [-0.2, 0) is 13.6 Å². The van der Waals surface area contributed by atoms with Crippen molar-refractivity contribution in [1.29, 1.82) is 0 Å². The molecule has 0 saturated carbocycles. The standard InChI is InChI=1S/C18H16N4O/c1-22-9-8-12-10-13(6-7-16(12)22)18(23)19-11-17-20-14-4-2-3-5-15(14)21-17/h2-10H,11H2,1H3,(H,19,23)(H,20,21). The number of nitrogens with one attached hydrogen (secondary N) is 2. The molecule has 23 heavy (non-hydrogen) atoms. The Morgan fingerprint density at radius 2 is 2.09 bits per heavy atom. The molecule has 2 aromatic heterocycles. The number of aromatic amines is 1. The highest BCUT2D eigenvalue weighted by Crippen LogP contribution is 2.17. The maximum atomic E-state index is 12.3. The summed E-state index contributed by atoms with van der Waals surface area (Å²) in [6, 6.07) is 15.5. The lowest BCUT2D eigenvalue weighted by molar-refractivity contribution is 0.0950. The van der Waals surface area contributed by atoms with E-state index in [-0.39, 0.29) is 5.91 Å². The van der Waals surface area contributed by atoms with E-state index >= 15 is 0 Å². The van der Waals surface area contributed by atoms with E-state index in [4.69, 9.17) is 0 Å². The first-order valence-corrected chi connectivity index (χ1v) is 7.47. The predicted molar refractivity (Wildman–Crippen MR) is 90.2 cm³/mol. The van der Waals surface area contributed by atoms with Crippen LogP contribution < -0.4 is 5.32 Å². The van der Waals surface area contributed by atoms with Gasteiger partial charge in [0.2, 0.25) is 0 Å². The SMILES string of the molecule is Cn1ccc2cc(C(=O)NCc3nc4ccccc4[nH]3)ccc21. The number of hydrogen-bond donors (Lipinski definition) is 2. The summed E-state index contributed by atoms with van der Waals surface area (Å²) in [6.07, 6.45) is 1.99. The molecule has 0 radical (unpaired) electrons. The number of aryl methyl sites for hydroxylation is 1. The lowest BCUT2D eigenvalue weighted by atomic mass is 10.1. The zero-order valence-corrected chi connectivity index (χ0v) is 12.7. The summed E-state index contributed by atoms with van der Waals surface area (Å²) in [4.78, 5) is 20.0. The van der Waals surface area contributed by atoms with Crippen LogP contribution in [0.15, 0.2) is 54.7 Å². The van der Waals surface area contributed by atoms with E-state index in [0.29, 0.717) is 12.1 Å². The van der Waals surface area contributed by atoms with Crippen molar-refractivity contribution in [1.82, 2.24) is 19.9 Å². The highest BCUT2D eigenvalue weighted by molar-refractivity contribution is 5.98. The fourth-order valence-electron chi connectivity index (χ4n) is 2.78. The van der Waals surface area contributed by atoms with Crippen LogP contribution in [0, 0.1) is 0 Å². The van der Waals surface area contributed by atoms with Crippen LogP contribution in [0.4, 0.5) is 0 Å². The molecule has 2 N–H and O–H groups in total. The van der Waals surface area contributed by atoms with Crippen LogP contribution in [0.5, 0.6) is 0 Å². The van der Waals surface area contributed by atoms with Gasteiger partial charge in [0.05, 0.1) is 17.6 Å². The maximum absolute atomic E-state index is 12.3. The first-order valence-electron chi connectivity index (χ1n) is 7.47. The highest BCUT2D eigenvalue weighted by atomic mass is 16.1. The Bertz CT molecular complexity index is 979. The molecule has 0 aliphatic carbocycles. The van der Waals surface area contributed by atoms with E-state index in [9.17, 15) is 4.79 Å². The Hall–Kier alpha value is -3.08. The topological polar surface area (TPSA) is 62.7 Å². The predicted octanol–water partition coefficient (Wildman–Crippen LogP) is 2.98. The van der Waals surface area contributed by atoms with Gasteiger partial charge in [-0.15, -0.1) is 0 Å². The van der Waals surface area contributed by atoms with Gasteiger partial charge in [0, 0.05) is 29.7 Å². The van der Waals surface area contributed by atoms with Crippen molar-refractivity contribution < 1.29 is 4.79 Å². The number of fused-ring (bicyclic) bond motifs is 2. The number of carbonyl (C=O) groups excluding carboxylic acids is 1. The van der Waals surface area contributed by atoms with Crippen LogP contribution in [-0.4, -0.2) is 20.4 Å². The van der Waals surface area contributed by atoms with Crippen molar-refractivity contribution >= 4 is 27.8 Å². The highest BCUT2D eigenvalue weighted by Gasteiger charge is 2.09. The van der Waals surface area contributed by atoms with Gasteiger partial charge in [-0.2, -0.15) is 0 Å². The average Bonchev–Trinajstić information content (AvgIpc) is 3.15. The fraction of sp³-hybridized carbons (Fsp3) is 0.111. The summed E-state index contributed by atoms with van der Waals surface area (Å²) in [5.41, 5.74) is 3.64. The van der Waals surface area contributed by atoms with Gasteiger partial charge in [-0.25, -0.2) is 4.98 Å². The molecule has 5 nitrogen and oxygen atoms in total. The largest absolute Gasteiger partial charge is 0.351 e. The van der Waals surface area contributed by atoms with Crippen LogP contribution in [0.25, 0.3) is 21.9 Å². The Labute approximate surface area is 133 Å². The number of rotatable bonds is 3. The first kappa shape index (κ1) is 13.6. The van der Waals surface area contributed by atoms with Gasteiger partial charge in [0.1, 0.15) is 5.82 Å². The summed E-state index contributed by atoms with van der Waals surface area (Å²) in [5.74, 6) is 0.650. The molecular weight excluding hydrogens is 288 g/mol. The van der Waals surface area contributed by atoms with Gasteiger partial charge in [0.25, 0.3) is 5.91 Å². The fourth-order valence-corrected chi connectivity index (χ4v) is 2.78. The number of imidazole rings is 1. The molecule has 0 fully saturated rings. The number of hydrogen-bond acceptors (Lipinski definition) is 2. The van der Waals surface area contributed by atoms with Crippen molar-refractivity contribution in [2.75, 3.05) is 0 Å². The smallest absolute Gasteiger partial charge is 0.251 e. The number of para-hydroxylation sites is 2. The van der Waals surface area contributed by atoms with Gasteiger partial charge in [-0.3, -0.25) is 4.79 Å². The van der Waals surface area contributed by atoms with Gasteiger partial charge in [-0.05, 0) is 36.4 Å². The van der Waals surface area contributed by atoms with E-state index in [2.05, 4.69) is 15.3 Å². The summed E-state index contributed by atoms with van der Waals surface area (Å²) in [6.45, 7) is 0.375. The van der Waals surface area contributed by atoms with Crippen molar-refractivity contribution in [3.05, 3.63) is 66.1 Å². The molecule has 2 heterocycles. The van der Waals surface area contributed by atoms with E-state index < -0.39 is 0 Å². The van der Waals surface area contributed by atoms with Crippen molar-refractivity contribution in [2.24, 2.45) is 7.05 Å². The van der Waals surface area contributed by atoms with E-state index in [1.807, 2.05) is 66.3 Å². The minimum absolute atomic E-state index is 0.101. The Morgan fingerprint density at radius 1 is 1.22 bits per heavy atom. The minimum Gasteiger partial charge on any atom is -0.351 e. The number of carbonyl (C=O) groups is 1. The van der Waals surface area contributed by atoms with Crippen LogP contribution in [0.2, 0.25) is 0 Å². The molecule has 0 aliphatic heterocycles. The molecule has 4 aromatic rings. The van der Waals surface area contributed by atoms with Crippen molar-refractivity contribution in [3.63, 3.8) is 0 Å². The molecular formula is C18H16N4O. The van der Waals surface area contributed by atoms with Crippen molar-refractivity contribution in [3.8, 4) is 0 Å². The normalized spacial score (nSPS) is 11.2. The number of nitrogens with zero attached hydrogens (tertiary/aromatic N) is 2. The maximum Gasteiger partial charge on any atom is 0.251 e. The number of amides is 1. The molecule has 0 bridgehead atoms. The van der Waals surface area contributed by atoms with Crippen LogP contribution >= 0.6 is 0 Å². The third-order valence-electron chi connectivity index (χ3n) is 4.00. The van der Waals surface area contributed by atoms with Gasteiger partial charge in [0.15, 0.2) is 0 Å². The van der Waals surface area contributed by atoms with E-state index in [1.165, 1.54) is 0 Å². The van der Waals surface area contributed by atoms with E-state index in [1.54, 1.807) is 0 Å². The van der Waals surface area contributed by atoms with Crippen molar-refractivity contribution in [2.45, 2.75) is 6.54 Å². The lowest BCUT2D eigenvalue weighted by Crippen LogP contribution is -2.23. The molecule has 0 saturated heterocycles. The molecule has 114 valence electrons. The molecule has 0 aliphatic rings. The van der Waals surface area contributed by atoms with E-state index in [0.717, 1.165) is 27.8 Å². The third kappa shape index (κ3) is 2.46. The minimum atomic E-state index is -0.101. The zero-order valence-electron chi connectivity index (χ0n) is 12.7.